The Hall–Kier alpha value is -2.24. The Labute approximate surface area is 124 Å². The van der Waals surface area contributed by atoms with E-state index in [0.29, 0.717) is 30.0 Å². The summed E-state index contributed by atoms with van der Waals surface area (Å²) in [4.78, 5) is 26.3. The van der Waals surface area contributed by atoms with Crippen molar-refractivity contribution in [1.82, 2.24) is 10.2 Å². The van der Waals surface area contributed by atoms with E-state index >= 15 is 0 Å². The molecular formula is C15H21N3O3. The second-order valence-corrected chi connectivity index (χ2v) is 5.12. The Morgan fingerprint density at radius 3 is 2.76 bits per heavy atom. The maximum Gasteiger partial charge on any atom is 0.254 e. The molecule has 114 valence electrons. The number of carbonyl (C=O) groups is 2. The number of likely N-dealkylation sites (tertiary alicyclic amines) is 1. The van der Waals surface area contributed by atoms with Crippen LogP contribution in [-0.4, -0.2) is 43.5 Å². The van der Waals surface area contributed by atoms with E-state index in [-0.39, 0.29) is 11.8 Å². The van der Waals surface area contributed by atoms with Gasteiger partial charge in [0, 0.05) is 30.9 Å². The van der Waals surface area contributed by atoms with Gasteiger partial charge in [0.25, 0.3) is 5.91 Å². The average Bonchev–Trinajstić information content (AvgIpc) is 2.52. The van der Waals surface area contributed by atoms with Crippen LogP contribution in [0.3, 0.4) is 0 Å². The lowest BCUT2D eigenvalue weighted by molar-refractivity contribution is -0.126. The molecule has 1 aliphatic heterocycles. The Morgan fingerprint density at radius 1 is 1.33 bits per heavy atom. The normalized spacial score (nSPS) is 18.2. The predicted octanol–water partition coefficient (Wildman–Crippen LogP) is 1.02. The maximum absolute atomic E-state index is 12.7. The highest BCUT2D eigenvalue weighted by molar-refractivity contribution is 5.98. The molecule has 21 heavy (non-hydrogen) atoms. The molecule has 0 aromatic heterocycles. The van der Waals surface area contributed by atoms with Crippen LogP contribution in [0.5, 0.6) is 5.75 Å². The number of amides is 2. The lowest BCUT2D eigenvalue weighted by atomic mass is 10.00. The van der Waals surface area contributed by atoms with E-state index in [0.717, 1.165) is 12.8 Å². The fraction of sp³-hybridized carbons (Fsp3) is 0.467. The third-order valence-corrected chi connectivity index (χ3v) is 3.72. The SMILES string of the molecule is CNC(=O)C1CCCCN1C(=O)c1cc(N)cc(OC)c1. The van der Waals surface area contributed by atoms with Crippen LogP contribution in [0, 0.1) is 0 Å². The summed E-state index contributed by atoms with van der Waals surface area (Å²) in [6, 6.07) is 4.50. The van der Waals surface area contributed by atoms with Gasteiger partial charge in [-0.15, -0.1) is 0 Å². The fourth-order valence-electron chi connectivity index (χ4n) is 2.64. The van der Waals surface area contributed by atoms with Gasteiger partial charge >= 0.3 is 0 Å². The third-order valence-electron chi connectivity index (χ3n) is 3.72. The number of benzene rings is 1. The number of piperidine rings is 1. The van der Waals surface area contributed by atoms with Crippen LogP contribution in [0.1, 0.15) is 29.6 Å². The van der Waals surface area contributed by atoms with Crippen molar-refractivity contribution in [2.24, 2.45) is 0 Å². The van der Waals surface area contributed by atoms with Gasteiger partial charge in [0.2, 0.25) is 5.91 Å². The van der Waals surface area contributed by atoms with Crippen molar-refractivity contribution >= 4 is 17.5 Å². The molecule has 1 heterocycles. The van der Waals surface area contributed by atoms with Crippen LogP contribution < -0.4 is 15.8 Å². The smallest absolute Gasteiger partial charge is 0.254 e. The summed E-state index contributed by atoms with van der Waals surface area (Å²) in [5, 5.41) is 2.62. The number of carbonyl (C=O) groups excluding carboxylic acids is 2. The fourth-order valence-corrected chi connectivity index (χ4v) is 2.64. The molecule has 1 saturated heterocycles. The van der Waals surface area contributed by atoms with Gasteiger partial charge in [-0.1, -0.05) is 0 Å². The summed E-state index contributed by atoms with van der Waals surface area (Å²) in [6.45, 7) is 0.577. The van der Waals surface area contributed by atoms with Crippen molar-refractivity contribution in [1.29, 1.82) is 0 Å². The first-order valence-corrected chi connectivity index (χ1v) is 7.04. The maximum atomic E-state index is 12.7. The molecule has 6 heteroatoms. The van der Waals surface area contributed by atoms with Gasteiger partial charge in [-0.05, 0) is 31.4 Å². The van der Waals surface area contributed by atoms with Crippen molar-refractivity contribution in [3.8, 4) is 5.75 Å². The molecule has 0 bridgehead atoms. The molecule has 2 amide bonds. The molecule has 0 spiro atoms. The lowest BCUT2D eigenvalue weighted by Crippen LogP contribution is -2.51. The largest absolute Gasteiger partial charge is 0.497 e. The van der Waals surface area contributed by atoms with E-state index in [1.807, 2.05) is 0 Å². The van der Waals surface area contributed by atoms with E-state index < -0.39 is 6.04 Å². The van der Waals surface area contributed by atoms with E-state index in [4.69, 9.17) is 10.5 Å². The highest BCUT2D eigenvalue weighted by Crippen LogP contribution is 2.24. The highest BCUT2D eigenvalue weighted by atomic mass is 16.5. The molecule has 1 aromatic carbocycles. The van der Waals surface area contributed by atoms with Gasteiger partial charge in [0.05, 0.1) is 7.11 Å². The summed E-state index contributed by atoms with van der Waals surface area (Å²) >= 11 is 0. The number of anilines is 1. The van der Waals surface area contributed by atoms with Gasteiger partial charge < -0.3 is 20.7 Å². The van der Waals surface area contributed by atoms with Crippen LogP contribution in [0.25, 0.3) is 0 Å². The quantitative estimate of drug-likeness (QED) is 0.814. The highest BCUT2D eigenvalue weighted by Gasteiger charge is 2.32. The van der Waals surface area contributed by atoms with Gasteiger partial charge in [-0.2, -0.15) is 0 Å². The molecule has 1 fully saturated rings. The van der Waals surface area contributed by atoms with Crippen LogP contribution in [0.2, 0.25) is 0 Å². The van der Waals surface area contributed by atoms with Crippen molar-refractivity contribution in [3.05, 3.63) is 23.8 Å². The first-order chi connectivity index (χ1) is 10.1. The molecule has 1 unspecified atom stereocenters. The topological polar surface area (TPSA) is 84.7 Å². The van der Waals surface area contributed by atoms with Crippen LogP contribution in [0.15, 0.2) is 18.2 Å². The summed E-state index contributed by atoms with van der Waals surface area (Å²) in [5.41, 5.74) is 6.70. The van der Waals surface area contributed by atoms with Gasteiger partial charge in [-0.25, -0.2) is 0 Å². The molecule has 2 rings (SSSR count). The molecule has 3 N–H and O–H groups in total. The number of nitrogen functional groups attached to an aromatic ring is 1. The molecular weight excluding hydrogens is 270 g/mol. The molecule has 0 aliphatic carbocycles. The van der Waals surface area contributed by atoms with Gasteiger partial charge in [0.15, 0.2) is 0 Å². The number of rotatable bonds is 3. The average molecular weight is 291 g/mol. The van der Waals surface area contributed by atoms with E-state index in [1.165, 1.54) is 7.11 Å². The zero-order valence-electron chi connectivity index (χ0n) is 12.4. The van der Waals surface area contributed by atoms with Crippen LogP contribution in [0.4, 0.5) is 5.69 Å². The second kappa shape index (κ2) is 6.47. The molecule has 0 saturated carbocycles. The summed E-state index contributed by atoms with van der Waals surface area (Å²) in [6.07, 6.45) is 2.53. The van der Waals surface area contributed by atoms with E-state index in [1.54, 1.807) is 30.1 Å². The minimum atomic E-state index is -0.413. The Kier molecular flexibility index (Phi) is 4.67. The monoisotopic (exact) mass is 291 g/mol. The summed E-state index contributed by atoms with van der Waals surface area (Å²) in [5.74, 6) is 0.222. The standard InChI is InChI=1S/C15H21N3O3/c1-17-14(19)13-5-3-4-6-18(13)15(20)10-7-11(16)9-12(8-10)21-2/h7-9,13H,3-6,16H2,1-2H3,(H,17,19). The lowest BCUT2D eigenvalue weighted by Gasteiger charge is -2.34. The van der Waals surface area contributed by atoms with Crippen LogP contribution >= 0.6 is 0 Å². The zero-order valence-corrected chi connectivity index (χ0v) is 12.4. The van der Waals surface area contributed by atoms with Crippen molar-refractivity contribution < 1.29 is 14.3 Å². The van der Waals surface area contributed by atoms with Crippen molar-refractivity contribution in [2.75, 3.05) is 26.4 Å². The summed E-state index contributed by atoms with van der Waals surface area (Å²) < 4.78 is 5.14. The summed E-state index contributed by atoms with van der Waals surface area (Å²) in [7, 11) is 3.11. The zero-order chi connectivity index (χ0) is 15.4. The molecule has 6 nitrogen and oxygen atoms in total. The molecule has 0 radical (unpaired) electrons. The Balaban J connectivity index is 2.28. The van der Waals surface area contributed by atoms with E-state index in [9.17, 15) is 9.59 Å². The number of likely N-dealkylation sites (N-methyl/N-ethyl adjacent to an activating group) is 1. The first-order valence-electron chi connectivity index (χ1n) is 7.04. The Morgan fingerprint density at radius 2 is 2.10 bits per heavy atom. The van der Waals surface area contributed by atoms with Crippen molar-refractivity contribution in [2.45, 2.75) is 25.3 Å². The third kappa shape index (κ3) is 3.26. The minimum absolute atomic E-state index is 0.126. The van der Waals surface area contributed by atoms with Gasteiger partial charge in [-0.3, -0.25) is 9.59 Å². The molecule has 1 atom stereocenters. The number of nitrogens with one attached hydrogen (secondary N) is 1. The predicted molar refractivity (Wildman–Crippen MR) is 80.1 cm³/mol. The Bertz CT molecular complexity index is 545. The number of methoxy groups -OCH3 is 1. The number of hydrogen-bond acceptors (Lipinski definition) is 4. The van der Waals surface area contributed by atoms with Gasteiger partial charge in [0.1, 0.15) is 11.8 Å². The first kappa shape index (κ1) is 15.2. The number of ether oxygens (including phenoxy) is 1. The van der Waals surface area contributed by atoms with Crippen molar-refractivity contribution in [3.63, 3.8) is 0 Å². The number of nitrogens with two attached hydrogens (primary N) is 1. The second-order valence-electron chi connectivity index (χ2n) is 5.12. The van der Waals surface area contributed by atoms with E-state index in [2.05, 4.69) is 5.32 Å². The van der Waals surface area contributed by atoms with Crippen LogP contribution in [-0.2, 0) is 4.79 Å². The number of hydrogen-bond donors (Lipinski definition) is 2. The number of nitrogens with zero attached hydrogens (tertiary/aromatic N) is 1. The molecule has 1 aromatic rings. The minimum Gasteiger partial charge on any atom is -0.497 e. The molecule has 1 aliphatic rings.